The van der Waals surface area contributed by atoms with Gasteiger partial charge in [0.05, 0.1) is 5.56 Å². The predicted molar refractivity (Wildman–Crippen MR) is 97.9 cm³/mol. The van der Waals surface area contributed by atoms with Crippen molar-refractivity contribution in [2.24, 2.45) is 0 Å². The first kappa shape index (κ1) is 18.9. The summed E-state index contributed by atoms with van der Waals surface area (Å²) in [6.45, 7) is 5.72. The van der Waals surface area contributed by atoms with Gasteiger partial charge in [-0.25, -0.2) is 9.78 Å². The van der Waals surface area contributed by atoms with Crippen LogP contribution in [0, 0.1) is 0 Å². The van der Waals surface area contributed by atoms with E-state index in [1.807, 2.05) is 24.3 Å². The van der Waals surface area contributed by atoms with E-state index in [2.05, 4.69) is 24.1 Å². The Morgan fingerprint density at radius 3 is 2.64 bits per heavy atom. The number of hydrogen-bond acceptors (Lipinski definition) is 4. The number of aromatic nitrogens is 1. The van der Waals surface area contributed by atoms with E-state index in [-0.39, 0.29) is 16.6 Å². The second-order valence-corrected chi connectivity index (χ2v) is 6.19. The van der Waals surface area contributed by atoms with E-state index in [0.29, 0.717) is 5.92 Å². The summed E-state index contributed by atoms with van der Waals surface area (Å²) in [5, 5.41) is 3.03. The van der Waals surface area contributed by atoms with Crippen LogP contribution < -0.4 is 5.32 Å². The molecule has 2 atom stereocenters. The van der Waals surface area contributed by atoms with Crippen LogP contribution in [0.5, 0.6) is 0 Å². The van der Waals surface area contributed by atoms with Gasteiger partial charge in [-0.2, -0.15) is 0 Å². The van der Waals surface area contributed by atoms with Gasteiger partial charge in [0, 0.05) is 11.9 Å². The Bertz CT molecular complexity index is 764. The molecule has 132 valence electrons. The maximum absolute atomic E-state index is 12.4. The van der Waals surface area contributed by atoms with Crippen LogP contribution in [0.25, 0.3) is 0 Å². The third-order valence-corrected chi connectivity index (χ3v) is 4.18. The summed E-state index contributed by atoms with van der Waals surface area (Å²) < 4.78 is 5.21. The monoisotopic (exact) mass is 360 g/mol. The van der Waals surface area contributed by atoms with E-state index in [9.17, 15) is 9.59 Å². The quantitative estimate of drug-likeness (QED) is 0.611. The molecular formula is C19H21ClN2O3. The highest BCUT2D eigenvalue weighted by Crippen LogP contribution is 2.26. The number of para-hydroxylation sites is 1. The molecular weight excluding hydrogens is 340 g/mol. The SMILES string of the molecule is CCC(C)c1ccccc1NC(=O)C(C)OC(=O)c1ccnc(Cl)c1. The van der Waals surface area contributed by atoms with Gasteiger partial charge in [-0.15, -0.1) is 0 Å². The van der Waals surface area contributed by atoms with Crippen molar-refractivity contribution in [3.8, 4) is 0 Å². The molecule has 2 aromatic rings. The van der Waals surface area contributed by atoms with E-state index in [4.69, 9.17) is 16.3 Å². The molecule has 0 aliphatic carbocycles. The standard InChI is InChI=1S/C19H21ClN2O3/c1-4-12(2)15-7-5-6-8-16(15)22-18(23)13(3)25-19(24)14-9-10-21-17(20)11-14/h5-13H,4H2,1-3H3,(H,22,23). The molecule has 0 aliphatic heterocycles. The molecule has 0 spiro atoms. The molecule has 0 saturated carbocycles. The molecule has 1 N–H and O–H groups in total. The number of carbonyl (C=O) groups is 2. The molecule has 0 fully saturated rings. The maximum atomic E-state index is 12.4. The number of hydrogen-bond donors (Lipinski definition) is 1. The zero-order chi connectivity index (χ0) is 18.4. The molecule has 1 heterocycles. The number of amides is 1. The van der Waals surface area contributed by atoms with Gasteiger partial charge in [-0.1, -0.05) is 43.6 Å². The number of nitrogens with one attached hydrogen (secondary N) is 1. The van der Waals surface area contributed by atoms with E-state index in [1.165, 1.54) is 25.3 Å². The topological polar surface area (TPSA) is 68.3 Å². The van der Waals surface area contributed by atoms with Crippen molar-refractivity contribution in [1.29, 1.82) is 0 Å². The molecule has 0 aliphatic rings. The molecule has 5 nitrogen and oxygen atoms in total. The lowest BCUT2D eigenvalue weighted by molar-refractivity contribution is -0.123. The smallest absolute Gasteiger partial charge is 0.339 e. The Labute approximate surface area is 152 Å². The Hall–Kier alpha value is -2.40. The summed E-state index contributed by atoms with van der Waals surface area (Å²) in [6, 6.07) is 10.5. The number of benzene rings is 1. The lowest BCUT2D eigenvalue weighted by atomic mass is 9.97. The van der Waals surface area contributed by atoms with Crippen molar-refractivity contribution in [2.45, 2.75) is 39.2 Å². The van der Waals surface area contributed by atoms with Crippen molar-refractivity contribution in [2.75, 3.05) is 5.32 Å². The fraction of sp³-hybridized carbons (Fsp3) is 0.316. The van der Waals surface area contributed by atoms with Gasteiger partial charge < -0.3 is 10.1 Å². The number of carbonyl (C=O) groups excluding carboxylic acids is 2. The second-order valence-electron chi connectivity index (χ2n) is 5.80. The molecule has 25 heavy (non-hydrogen) atoms. The van der Waals surface area contributed by atoms with Crippen molar-refractivity contribution in [1.82, 2.24) is 4.98 Å². The van der Waals surface area contributed by atoms with Crippen LogP contribution in [0.3, 0.4) is 0 Å². The van der Waals surface area contributed by atoms with E-state index in [0.717, 1.165) is 17.7 Å². The second kappa shape index (κ2) is 8.62. The van der Waals surface area contributed by atoms with Crippen LogP contribution >= 0.6 is 11.6 Å². The summed E-state index contributed by atoms with van der Waals surface area (Å²) in [5.74, 6) is -0.695. The Balaban J connectivity index is 2.05. The summed E-state index contributed by atoms with van der Waals surface area (Å²) in [7, 11) is 0. The molecule has 1 aromatic carbocycles. The van der Waals surface area contributed by atoms with Crippen molar-refractivity contribution in [3.05, 3.63) is 58.9 Å². The van der Waals surface area contributed by atoms with Gasteiger partial charge in [0.1, 0.15) is 5.15 Å². The molecule has 0 saturated heterocycles. The average Bonchev–Trinajstić information content (AvgIpc) is 2.61. The Morgan fingerprint density at radius 1 is 1.24 bits per heavy atom. The number of halogens is 1. The third kappa shape index (κ3) is 5.03. The Morgan fingerprint density at radius 2 is 1.96 bits per heavy atom. The largest absolute Gasteiger partial charge is 0.449 e. The van der Waals surface area contributed by atoms with E-state index in [1.54, 1.807) is 0 Å². The fourth-order valence-corrected chi connectivity index (χ4v) is 2.48. The van der Waals surface area contributed by atoms with Gasteiger partial charge in [-0.3, -0.25) is 4.79 Å². The zero-order valence-electron chi connectivity index (χ0n) is 14.5. The third-order valence-electron chi connectivity index (χ3n) is 3.98. The molecule has 2 rings (SSSR count). The van der Waals surface area contributed by atoms with Gasteiger partial charge >= 0.3 is 5.97 Å². The molecule has 0 bridgehead atoms. The summed E-state index contributed by atoms with van der Waals surface area (Å²) in [5.41, 5.74) is 2.04. The molecule has 1 aromatic heterocycles. The minimum absolute atomic E-state index is 0.189. The van der Waals surface area contributed by atoms with Crippen LogP contribution in [0.4, 0.5) is 5.69 Å². The van der Waals surface area contributed by atoms with E-state index >= 15 is 0 Å². The number of rotatable bonds is 6. The average molecular weight is 361 g/mol. The fourth-order valence-electron chi connectivity index (χ4n) is 2.31. The van der Waals surface area contributed by atoms with Gasteiger partial charge in [0.25, 0.3) is 5.91 Å². The minimum atomic E-state index is -0.940. The van der Waals surface area contributed by atoms with Crippen LogP contribution in [-0.4, -0.2) is 23.0 Å². The minimum Gasteiger partial charge on any atom is -0.449 e. The lowest BCUT2D eigenvalue weighted by Gasteiger charge is -2.18. The lowest BCUT2D eigenvalue weighted by Crippen LogP contribution is -2.30. The molecule has 6 heteroatoms. The summed E-state index contributed by atoms with van der Waals surface area (Å²) in [4.78, 5) is 28.3. The first-order valence-electron chi connectivity index (χ1n) is 8.14. The highest BCUT2D eigenvalue weighted by molar-refractivity contribution is 6.29. The van der Waals surface area contributed by atoms with Gasteiger partial charge in [0.2, 0.25) is 0 Å². The number of esters is 1. The van der Waals surface area contributed by atoms with Crippen LogP contribution in [0.1, 0.15) is 49.0 Å². The number of ether oxygens (including phenoxy) is 1. The van der Waals surface area contributed by atoms with Crippen molar-refractivity contribution < 1.29 is 14.3 Å². The van der Waals surface area contributed by atoms with Gasteiger partial charge in [0.15, 0.2) is 6.10 Å². The van der Waals surface area contributed by atoms with Crippen LogP contribution in [0.15, 0.2) is 42.6 Å². The number of nitrogens with zero attached hydrogens (tertiary/aromatic N) is 1. The molecule has 0 radical (unpaired) electrons. The van der Waals surface area contributed by atoms with Crippen LogP contribution in [0.2, 0.25) is 5.15 Å². The Kier molecular flexibility index (Phi) is 6.53. The summed E-state index contributed by atoms with van der Waals surface area (Å²) >= 11 is 5.76. The number of pyridine rings is 1. The van der Waals surface area contributed by atoms with Crippen molar-refractivity contribution in [3.63, 3.8) is 0 Å². The number of anilines is 1. The van der Waals surface area contributed by atoms with E-state index < -0.39 is 12.1 Å². The maximum Gasteiger partial charge on any atom is 0.339 e. The first-order valence-corrected chi connectivity index (χ1v) is 8.52. The highest BCUT2D eigenvalue weighted by Gasteiger charge is 2.20. The van der Waals surface area contributed by atoms with Crippen LogP contribution in [-0.2, 0) is 9.53 Å². The predicted octanol–water partition coefficient (Wildman–Crippen LogP) is 4.43. The first-order chi connectivity index (χ1) is 11.9. The molecule has 2 unspecified atom stereocenters. The van der Waals surface area contributed by atoms with Gasteiger partial charge in [-0.05, 0) is 43.0 Å². The van der Waals surface area contributed by atoms with Crippen molar-refractivity contribution >= 4 is 29.2 Å². The zero-order valence-corrected chi connectivity index (χ0v) is 15.2. The summed E-state index contributed by atoms with van der Waals surface area (Å²) in [6.07, 6.45) is 1.43. The molecule has 1 amide bonds. The highest BCUT2D eigenvalue weighted by atomic mass is 35.5. The normalized spacial score (nSPS) is 13.0.